The molecule has 0 saturated carbocycles. The molecule has 80 valence electrons. The largest absolute Gasteiger partial charge is 0.349 e. The van der Waals surface area contributed by atoms with Gasteiger partial charge in [-0.1, -0.05) is 43.7 Å². The molecule has 0 fully saturated rings. The molecule has 0 aliphatic rings. The number of ketones is 1. The van der Waals surface area contributed by atoms with E-state index in [-0.39, 0.29) is 0 Å². The molecule has 0 spiro atoms. The summed E-state index contributed by atoms with van der Waals surface area (Å²) in [7, 11) is 0. The van der Waals surface area contributed by atoms with E-state index in [1.165, 1.54) is 0 Å². The van der Waals surface area contributed by atoms with Gasteiger partial charge in [0.1, 0.15) is 0 Å². The first-order chi connectivity index (χ1) is 7.25. The summed E-state index contributed by atoms with van der Waals surface area (Å²) in [6.07, 6.45) is 1.90. The van der Waals surface area contributed by atoms with E-state index in [1.807, 2.05) is 13.0 Å². The molecule has 0 saturated heterocycles. The van der Waals surface area contributed by atoms with Gasteiger partial charge in [-0.3, -0.25) is 9.59 Å². The van der Waals surface area contributed by atoms with Crippen LogP contribution in [0.3, 0.4) is 0 Å². The van der Waals surface area contributed by atoms with Crippen LogP contribution in [0.5, 0.6) is 0 Å². The van der Waals surface area contributed by atoms with Gasteiger partial charge >= 0.3 is 0 Å². The van der Waals surface area contributed by atoms with E-state index >= 15 is 0 Å². The summed E-state index contributed by atoms with van der Waals surface area (Å²) in [5.41, 5.74) is 0.437. The first-order valence-corrected chi connectivity index (χ1v) is 5.13. The molecule has 0 heterocycles. The van der Waals surface area contributed by atoms with Crippen molar-refractivity contribution < 1.29 is 9.59 Å². The topological polar surface area (TPSA) is 46.2 Å². The second kappa shape index (κ2) is 5.96. The molecule has 15 heavy (non-hydrogen) atoms. The Kier molecular flexibility index (Phi) is 4.54. The maximum atomic E-state index is 11.5. The Morgan fingerprint density at radius 2 is 1.87 bits per heavy atom. The molecule has 3 heteroatoms. The number of unbranched alkanes of at least 4 members (excludes halogenated alkanes) is 1. The Balaban J connectivity index is 2.50. The number of carbonyl (C=O) groups is 2. The minimum atomic E-state index is -0.519. The smallest absolute Gasteiger partial charge is 0.292 e. The van der Waals surface area contributed by atoms with E-state index in [9.17, 15) is 9.59 Å². The Hall–Kier alpha value is -1.64. The molecule has 0 atom stereocenters. The van der Waals surface area contributed by atoms with E-state index in [0.29, 0.717) is 12.1 Å². The third-order valence-electron chi connectivity index (χ3n) is 2.06. The normalized spacial score (nSPS) is 9.67. The van der Waals surface area contributed by atoms with E-state index in [1.54, 1.807) is 24.3 Å². The summed E-state index contributed by atoms with van der Waals surface area (Å²) >= 11 is 0. The minimum Gasteiger partial charge on any atom is -0.349 e. The van der Waals surface area contributed by atoms with Gasteiger partial charge < -0.3 is 5.32 Å². The summed E-state index contributed by atoms with van der Waals surface area (Å²) in [4.78, 5) is 22.9. The molecule has 1 N–H and O–H groups in total. The van der Waals surface area contributed by atoms with Crippen LogP contribution < -0.4 is 5.32 Å². The van der Waals surface area contributed by atoms with Crippen LogP contribution in [0.25, 0.3) is 0 Å². The maximum absolute atomic E-state index is 11.5. The van der Waals surface area contributed by atoms with Crippen LogP contribution in [0, 0.1) is 0 Å². The van der Waals surface area contributed by atoms with E-state index in [2.05, 4.69) is 5.32 Å². The summed E-state index contributed by atoms with van der Waals surface area (Å²) in [6, 6.07) is 8.58. The van der Waals surface area contributed by atoms with Gasteiger partial charge in [-0.15, -0.1) is 0 Å². The molecular formula is C12H15NO2. The lowest BCUT2D eigenvalue weighted by Gasteiger charge is -2.02. The molecule has 0 aliphatic carbocycles. The highest BCUT2D eigenvalue weighted by atomic mass is 16.2. The molecule has 1 amide bonds. The van der Waals surface area contributed by atoms with Crippen LogP contribution >= 0.6 is 0 Å². The number of nitrogens with one attached hydrogen (secondary N) is 1. The Bertz CT molecular complexity index is 333. The molecule has 0 aliphatic heterocycles. The SMILES string of the molecule is CCCCNC(=O)C(=O)c1ccccc1. The van der Waals surface area contributed by atoms with Crippen LogP contribution in [0.1, 0.15) is 30.1 Å². The highest BCUT2D eigenvalue weighted by Gasteiger charge is 2.14. The van der Waals surface area contributed by atoms with Crippen molar-refractivity contribution in [3.05, 3.63) is 35.9 Å². The second-order valence-corrected chi connectivity index (χ2v) is 3.30. The zero-order chi connectivity index (χ0) is 11.1. The number of benzene rings is 1. The second-order valence-electron chi connectivity index (χ2n) is 3.30. The van der Waals surface area contributed by atoms with Crippen molar-refractivity contribution in [3.63, 3.8) is 0 Å². The zero-order valence-electron chi connectivity index (χ0n) is 8.82. The van der Waals surface area contributed by atoms with Crippen LogP contribution in [-0.4, -0.2) is 18.2 Å². The maximum Gasteiger partial charge on any atom is 0.292 e. The van der Waals surface area contributed by atoms with E-state index in [4.69, 9.17) is 0 Å². The van der Waals surface area contributed by atoms with E-state index in [0.717, 1.165) is 12.8 Å². The lowest BCUT2D eigenvalue weighted by atomic mass is 10.1. The lowest BCUT2D eigenvalue weighted by molar-refractivity contribution is -0.117. The Morgan fingerprint density at radius 1 is 1.20 bits per heavy atom. The van der Waals surface area contributed by atoms with Gasteiger partial charge in [-0.25, -0.2) is 0 Å². The van der Waals surface area contributed by atoms with Gasteiger partial charge in [0.15, 0.2) is 0 Å². The zero-order valence-corrected chi connectivity index (χ0v) is 8.82. The predicted octanol–water partition coefficient (Wildman–Crippen LogP) is 1.79. The van der Waals surface area contributed by atoms with Crippen molar-refractivity contribution in [2.45, 2.75) is 19.8 Å². The van der Waals surface area contributed by atoms with Crippen molar-refractivity contribution in [3.8, 4) is 0 Å². The average molecular weight is 205 g/mol. The first-order valence-electron chi connectivity index (χ1n) is 5.13. The fourth-order valence-electron chi connectivity index (χ4n) is 1.18. The van der Waals surface area contributed by atoms with Crippen LogP contribution in [0.4, 0.5) is 0 Å². The van der Waals surface area contributed by atoms with Crippen molar-refractivity contribution >= 4 is 11.7 Å². The molecular weight excluding hydrogens is 190 g/mol. The Morgan fingerprint density at radius 3 is 2.47 bits per heavy atom. The molecule has 0 unspecified atom stereocenters. The average Bonchev–Trinajstić information content (AvgIpc) is 2.29. The van der Waals surface area contributed by atoms with Crippen molar-refractivity contribution in [2.24, 2.45) is 0 Å². The molecule has 1 rings (SSSR count). The quantitative estimate of drug-likeness (QED) is 0.452. The number of hydrogen-bond acceptors (Lipinski definition) is 2. The van der Waals surface area contributed by atoms with Crippen molar-refractivity contribution in [1.82, 2.24) is 5.32 Å². The van der Waals surface area contributed by atoms with Crippen LogP contribution in [0.2, 0.25) is 0 Å². The monoisotopic (exact) mass is 205 g/mol. The standard InChI is InChI=1S/C12H15NO2/c1-2-3-9-13-12(15)11(14)10-7-5-4-6-8-10/h4-8H,2-3,9H2,1H3,(H,13,15). The van der Waals surface area contributed by atoms with Gasteiger partial charge in [-0.05, 0) is 6.42 Å². The molecule has 0 aromatic heterocycles. The molecule has 1 aromatic carbocycles. The van der Waals surface area contributed by atoms with Gasteiger partial charge in [-0.2, -0.15) is 0 Å². The minimum absolute atomic E-state index is 0.437. The van der Waals surface area contributed by atoms with Crippen molar-refractivity contribution in [2.75, 3.05) is 6.54 Å². The third-order valence-corrected chi connectivity index (χ3v) is 2.06. The molecule has 3 nitrogen and oxygen atoms in total. The fraction of sp³-hybridized carbons (Fsp3) is 0.333. The number of Topliss-reactive ketones (excluding diaryl/α,β-unsaturated/α-hetero) is 1. The van der Waals surface area contributed by atoms with Gasteiger partial charge in [0.25, 0.3) is 5.91 Å². The highest BCUT2D eigenvalue weighted by molar-refractivity contribution is 6.42. The molecule has 0 radical (unpaired) electrons. The van der Waals surface area contributed by atoms with Gasteiger partial charge in [0.2, 0.25) is 5.78 Å². The van der Waals surface area contributed by atoms with E-state index < -0.39 is 11.7 Å². The fourth-order valence-corrected chi connectivity index (χ4v) is 1.18. The number of carbonyl (C=O) groups excluding carboxylic acids is 2. The summed E-state index contributed by atoms with van der Waals surface area (Å²) in [5, 5.41) is 2.59. The van der Waals surface area contributed by atoms with Crippen LogP contribution in [-0.2, 0) is 4.79 Å². The number of rotatable bonds is 5. The van der Waals surface area contributed by atoms with Crippen LogP contribution in [0.15, 0.2) is 30.3 Å². The first kappa shape index (κ1) is 11.4. The summed E-state index contributed by atoms with van der Waals surface area (Å²) in [5.74, 6) is -0.985. The lowest BCUT2D eigenvalue weighted by Crippen LogP contribution is -2.31. The third kappa shape index (κ3) is 3.54. The summed E-state index contributed by atoms with van der Waals surface area (Å²) < 4.78 is 0. The predicted molar refractivity (Wildman–Crippen MR) is 58.7 cm³/mol. The molecule has 1 aromatic rings. The Labute approximate surface area is 89.5 Å². The van der Waals surface area contributed by atoms with Crippen molar-refractivity contribution in [1.29, 1.82) is 0 Å². The summed E-state index contributed by atoms with van der Waals surface area (Å²) in [6.45, 7) is 2.60. The highest BCUT2D eigenvalue weighted by Crippen LogP contribution is 1.99. The number of hydrogen-bond donors (Lipinski definition) is 1. The number of amides is 1. The van der Waals surface area contributed by atoms with Gasteiger partial charge in [0.05, 0.1) is 0 Å². The van der Waals surface area contributed by atoms with Gasteiger partial charge in [0, 0.05) is 12.1 Å². The molecule has 0 bridgehead atoms.